The molecule has 2 aromatic rings. The van der Waals surface area contributed by atoms with Gasteiger partial charge < -0.3 is 0 Å². The van der Waals surface area contributed by atoms with Gasteiger partial charge in [-0.3, -0.25) is 10.1 Å². The molecule has 18 heavy (non-hydrogen) atoms. The molecule has 3 nitrogen and oxygen atoms in total. The van der Waals surface area contributed by atoms with E-state index in [0.29, 0.717) is 0 Å². The van der Waals surface area contributed by atoms with E-state index in [4.69, 9.17) is 0 Å². The predicted molar refractivity (Wildman–Crippen MR) is 70.1 cm³/mol. The molecule has 0 fully saturated rings. The number of hydrogen-bond acceptors (Lipinski definition) is 2. The minimum absolute atomic E-state index is 0.190. The van der Waals surface area contributed by atoms with Gasteiger partial charge in [-0.05, 0) is 29.2 Å². The number of nitrogens with zero attached hydrogens (tertiary/aromatic N) is 1. The van der Waals surface area contributed by atoms with Crippen molar-refractivity contribution in [2.45, 2.75) is 19.4 Å². The maximum Gasteiger partial charge on any atom is 0.264 e. The Bertz CT molecular complexity index is 634. The number of benzene rings is 2. The van der Waals surface area contributed by atoms with E-state index in [1.807, 2.05) is 36.4 Å². The Balaban J connectivity index is 2.28. The van der Waals surface area contributed by atoms with E-state index >= 15 is 0 Å². The molecule has 0 saturated carbocycles. The summed E-state index contributed by atoms with van der Waals surface area (Å²) in [5, 5.41) is 11.3. The number of rotatable bonds is 2. The van der Waals surface area contributed by atoms with Crippen LogP contribution >= 0.6 is 0 Å². The summed E-state index contributed by atoms with van der Waals surface area (Å²) in [5.41, 5.74) is 4.79. The van der Waals surface area contributed by atoms with Crippen molar-refractivity contribution >= 4 is 0 Å². The van der Waals surface area contributed by atoms with Crippen molar-refractivity contribution in [1.82, 2.24) is 0 Å². The van der Waals surface area contributed by atoms with E-state index in [1.165, 1.54) is 0 Å². The van der Waals surface area contributed by atoms with Crippen LogP contribution in [0.2, 0.25) is 0 Å². The van der Waals surface area contributed by atoms with Gasteiger partial charge in [0, 0.05) is 16.1 Å². The highest BCUT2D eigenvalue weighted by Crippen LogP contribution is 2.45. The smallest absolute Gasteiger partial charge is 0.264 e. The Morgan fingerprint density at radius 2 is 1.83 bits per heavy atom. The summed E-state index contributed by atoms with van der Waals surface area (Å²) in [6.45, 7) is 2.06. The van der Waals surface area contributed by atoms with Crippen molar-refractivity contribution in [1.29, 1.82) is 0 Å². The fraction of sp³-hybridized carbons (Fsp3) is 0.200. The van der Waals surface area contributed by atoms with E-state index in [9.17, 15) is 10.1 Å². The van der Waals surface area contributed by atoms with Gasteiger partial charge in [-0.2, -0.15) is 0 Å². The molecule has 2 aromatic carbocycles. The lowest BCUT2D eigenvalue weighted by atomic mass is 10.0. The Labute approximate surface area is 105 Å². The molecule has 1 aliphatic carbocycles. The first-order valence-corrected chi connectivity index (χ1v) is 6.08. The Kier molecular flexibility index (Phi) is 2.40. The number of aryl methyl sites for hydroxylation is 1. The van der Waals surface area contributed by atoms with E-state index in [1.54, 1.807) is 0 Å². The van der Waals surface area contributed by atoms with Crippen LogP contribution in [0.15, 0.2) is 42.5 Å². The lowest BCUT2D eigenvalue weighted by Gasteiger charge is -2.06. The SMILES string of the molecule is CCc1ccc2c(c1)C([N+](=O)[O-])c1ccccc1-2. The van der Waals surface area contributed by atoms with Crippen LogP contribution in [0.1, 0.15) is 29.7 Å². The van der Waals surface area contributed by atoms with Gasteiger partial charge in [0.05, 0.1) is 0 Å². The molecule has 0 aliphatic heterocycles. The summed E-state index contributed by atoms with van der Waals surface area (Å²) >= 11 is 0. The molecule has 0 aromatic heterocycles. The van der Waals surface area contributed by atoms with Gasteiger partial charge >= 0.3 is 0 Å². The van der Waals surface area contributed by atoms with Crippen molar-refractivity contribution in [3.63, 3.8) is 0 Å². The molecule has 3 rings (SSSR count). The average Bonchev–Trinajstić information content (AvgIpc) is 2.72. The summed E-state index contributed by atoms with van der Waals surface area (Å²) in [4.78, 5) is 11.1. The molecule has 0 amide bonds. The number of nitro groups is 1. The van der Waals surface area contributed by atoms with Gasteiger partial charge in [0.2, 0.25) is 0 Å². The third-order valence-corrected chi connectivity index (χ3v) is 3.58. The van der Waals surface area contributed by atoms with Gasteiger partial charge in [0.1, 0.15) is 0 Å². The Morgan fingerprint density at radius 3 is 2.56 bits per heavy atom. The summed E-state index contributed by atoms with van der Waals surface area (Å²) in [5.74, 6) is 0. The van der Waals surface area contributed by atoms with E-state index in [2.05, 4.69) is 13.0 Å². The highest BCUT2D eigenvalue weighted by molar-refractivity contribution is 5.78. The number of hydrogen-bond donors (Lipinski definition) is 0. The minimum Gasteiger partial charge on any atom is -0.264 e. The third kappa shape index (κ3) is 1.44. The molecule has 0 saturated heterocycles. The first-order chi connectivity index (χ1) is 8.72. The Hall–Kier alpha value is -2.16. The molecule has 0 spiro atoms. The van der Waals surface area contributed by atoms with Crippen LogP contribution in [0.3, 0.4) is 0 Å². The molecular formula is C15H13NO2. The highest BCUT2D eigenvalue weighted by atomic mass is 16.6. The van der Waals surface area contributed by atoms with E-state index in [-0.39, 0.29) is 4.92 Å². The summed E-state index contributed by atoms with van der Waals surface area (Å²) in [6.07, 6.45) is 0.897. The summed E-state index contributed by atoms with van der Waals surface area (Å²) in [6, 6.07) is 12.9. The maximum atomic E-state index is 11.3. The number of fused-ring (bicyclic) bond motifs is 3. The fourth-order valence-electron chi connectivity index (χ4n) is 2.68. The topological polar surface area (TPSA) is 43.1 Å². The Morgan fingerprint density at radius 1 is 1.11 bits per heavy atom. The van der Waals surface area contributed by atoms with Crippen molar-refractivity contribution in [3.8, 4) is 11.1 Å². The zero-order valence-corrected chi connectivity index (χ0v) is 10.1. The van der Waals surface area contributed by atoms with Crippen LogP contribution in [0.25, 0.3) is 11.1 Å². The molecule has 3 heteroatoms. The quantitative estimate of drug-likeness (QED) is 0.593. The van der Waals surface area contributed by atoms with E-state index < -0.39 is 6.04 Å². The van der Waals surface area contributed by atoms with Crippen LogP contribution in [-0.2, 0) is 6.42 Å². The van der Waals surface area contributed by atoms with Gasteiger partial charge in [0.15, 0.2) is 0 Å². The van der Waals surface area contributed by atoms with Gasteiger partial charge in [-0.15, -0.1) is 0 Å². The largest absolute Gasteiger partial charge is 0.264 e. The van der Waals surface area contributed by atoms with Gasteiger partial charge in [0.25, 0.3) is 6.04 Å². The average molecular weight is 239 g/mol. The van der Waals surface area contributed by atoms with Crippen molar-refractivity contribution in [2.24, 2.45) is 0 Å². The third-order valence-electron chi connectivity index (χ3n) is 3.58. The summed E-state index contributed by atoms with van der Waals surface area (Å²) < 4.78 is 0. The predicted octanol–water partition coefficient (Wildman–Crippen LogP) is 3.60. The van der Waals surface area contributed by atoms with Gasteiger partial charge in [-0.1, -0.05) is 43.3 Å². The molecule has 0 heterocycles. The maximum absolute atomic E-state index is 11.3. The van der Waals surface area contributed by atoms with Gasteiger partial charge in [-0.25, -0.2) is 0 Å². The minimum atomic E-state index is -0.706. The second kappa shape index (κ2) is 3.95. The second-order valence-electron chi connectivity index (χ2n) is 4.55. The van der Waals surface area contributed by atoms with Crippen LogP contribution in [0.5, 0.6) is 0 Å². The molecule has 0 bridgehead atoms. The van der Waals surface area contributed by atoms with Crippen molar-refractivity contribution in [3.05, 3.63) is 69.3 Å². The molecule has 1 unspecified atom stereocenters. The first-order valence-electron chi connectivity index (χ1n) is 6.08. The van der Waals surface area contributed by atoms with Crippen molar-refractivity contribution < 1.29 is 4.92 Å². The molecule has 0 radical (unpaired) electrons. The standard InChI is InChI=1S/C15H13NO2/c1-2-10-7-8-12-11-5-3-4-6-13(11)15(16(17)18)14(12)9-10/h3-9,15H,2H2,1H3. The van der Waals surface area contributed by atoms with Crippen molar-refractivity contribution in [2.75, 3.05) is 0 Å². The van der Waals surface area contributed by atoms with Crippen LogP contribution < -0.4 is 0 Å². The van der Waals surface area contributed by atoms with Crippen LogP contribution in [-0.4, -0.2) is 4.92 Å². The normalized spacial score (nSPS) is 16.2. The molecule has 90 valence electrons. The molecule has 1 atom stereocenters. The molecule has 1 aliphatic rings. The summed E-state index contributed by atoms with van der Waals surface area (Å²) in [7, 11) is 0. The van der Waals surface area contributed by atoms with Crippen LogP contribution in [0.4, 0.5) is 0 Å². The molecule has 0 N–H and O–H groups in total. The lowest BCUT2D eigenvalue weighted by Crippen LogP contribution is -2.08. The van der Waals surface area contributed by atoms with E-state index in [0.717, 1.165) is 34.2 Å². The lowest BCUT2D eigenvalue weighted by molar-refractivity contribution is -0.516. The second-order valence-corrected chi connectivity index (χ2v) is 4.55. The zero-order chi connectivity index (χ0) is 12.7. The highest BCUT2D eigenvalue weighted by Gasteiger charge is 2.36. The first kappa shape index (κ1) is 11.0. The molecular weight excluding hydrogens is 226 g/mol. The van der Waals surface area contributed by atoms with Crippen LogP contribution in [0, 0.1) is 10.1 Å². The fourth-order valence-corrected chi connectivity index (χ4v) is 2.68. The monoisotopic (exact) mass is 239 g/mol. The zero-order valence-electron chi connectivity index (χ0n) is 10.1.